The number of anilines is 1. The van der Waals surface area contributed by atoms with Gasteiger partial charge >= 0.3 is 5.97 Å². The Morgan fingerprint density at radius 1 is 1.24 bits per heavy atom. The molecule has 1 N–H and O–H groups in total. The Labute approximate surface area is 145 Å². The monoisotopic (exact) mass is 344 g/mol. The van der Waals surface area contributed by atoms with Crippen LogP contribution in [-0.4, -0.2) is 30.7 Å². The van der Waals surface area contributed by atoms with Crippen molar-refractivity contribution in [2.24, 2.45) is 0 Å². The average Bonchev–Trinajstić information content (AvgIpc) is 2.61. The van der Waals surface area contributed by atoms with Gasteiger partial charge in [-0.05, 0) is 43.7 Å². The summed E-state index contributed by atoms with van der Waals surface area (Å²) in [5.41, 5.74) is 2.14. The second-order valence-electron chi connectivity index (χ2n) is 5.30. The lowest BCUT2D eigenvalue weighted by Crippen LogP contribution is -2.28. The molecule has 0 saturated carbocycles. The molecule has 0 aliphatic rings. The van der Waals surface area contributed by atoms with Gasteiger partial charge in [0.25, 0.3) is 5.69 Å². The molecule has 0 aromatic heterocycles. The standard InChI is InChI=1S/C18H20N2O5/c1-4-25-18(21)12(2)19-15-6-5-7-16(24-3)17(15)13-8-10-14(11-9-13)20(22)23/h5-12,19H,4H2,1-3H3. The molecule has 0 aliphatic heterocycles. The highest BCUT2D eigenvalue weighted by molar-refractivity contribution is 5.87. The van der Waals surface area contributed by atoms with Crippen LogP contribution in [0.15, 0.2) is 42.5 Å². The Balaban J connectivity index is 2.41. The van der Waals surface area contributed by atoms with Crippen molar-refractivity contribution in [2.45, 2.75) is 19.9 Å². The fourth-order valence-corrected chi connectivity index (χ4v) is 2.43. The number of rotatable bonds is 7. The van der Waals surface area contributed by atoms with Crippen molar-refractivity contribution in [3.63, 3.8) is 0 Å². The minimum atomic E-state index is -0.552. The molecule has 2 rings (SSSR count). The molecule has 2 aromatic carbocycles. The van der Waals surface area contributed by atoms with E-state index in [0.717, 1.165) is 11.1 Å². The van der Waals surface area contributed by atoms with E-state index in [1.54, 1.807) is 45.2 Å². The van der Waals surface area contributed by atoms with E-state index in [1.807, 2.05) is 6.07 Å². The first-order valence-electron chi connectivity index (χ1n) is 7.83. The Bertz CT molecular complexity index is 759. The Kier molecular flexibility index (Phi) is 5.94. The number of methoxy groups -OCH3 is 1. The third-order valence-corrected chi connectivity index (χ3v) is 3.63. The summed E-state index contributed by atoms with van der Waals surface area (Å²) >= 11 is 0. The summed E-state index contributed by atoms with van der Waals surface area (Å²) in [6.07, 6.45) is 0. The fourth-order valence-electron chi connectivity index (χ4n) is 2.43. The zero-order valence-corrected chi connectivity index (χ0v) is 14.3. The number of esters is 1. The number of carbonyl (C=O) groups is 1. The third kappa shape index (κ3) is 4.26. The molecular weight excluding hydrogens is 324 g/mol. The molecule has 0 heterocycles. The molecule has 0 bridgehead atoms. The van der Waals surface area contributed by atoms with Gasteiger partial charge in [-0.2, -0.15) is 0 Å². The van der Waals surface area contributed by atoms with E-state index in [0.29, 0.717) is 18.0 Å². The summed E-state index contributed by atoms with van der Waals surface area (Å²) in [7, 11) is 1.54. The highest BCUT2D eigenvalue weighted by Crippen LogP contribution is 2.37. The van der Waals surface area contributed by atoms with Crippen LogP contribution in [0.4, 0.5) is 11.4 Å². The molecular formula is C18H20N2O5. The molecule has 132 valence electrons. The van der Waals surface area contributed by atoms with Gasteiger partial charge in [-0.25, -0.2) is 4.79 Å². The molecule has 0 saturated heterocycles. The smallest absolute Gasteiger partial charge is 0.328 e. The number of hydrogen-bond donors (Lipinski definition) is 1. The minimum Gasteiger partial charge on any atom is -0.496 e. The zero-order valence-electron chi connectivity index (χ0n) is 14.3. The van der Waals surface area contributed by atoms with Crippen molar-refractivity contribution in [1.82, 2.24) is 0 Å². The van der Waals surface area contributed by atoms with Gasteiger partial charge < -0.3 is 14.8 Å². The number of carbonyl (C=O) groups excluding carboxylic acids is 1. The van der Waals surface area contributed by atoms with Gasteiger partial charge in [0.05, 0.1) is 18.6 Å². The molecule has 7 heteroatoms. The molecule has 1 atom stereocenters. The maximum absolute atomic E-state index is 11.9. The largest absolute Gasteiger partial charge is 0.496 e. The van der Waals surface area contributed by atoms with Crippen molar-refractivity contribution in [1.29, 1.82) is 0 Å². The van der Waals surface area contributed by atoms with Crippen LogP contribution in [0.1, 0.15) is 13.8 Å². The maximum Gasteiger partial charge on any atom is 0.328 e. The van der Waals surface area contributed by atoms with Crippen LogP contribution in [0.3, 0.4) is 0 Å². The molecule has 1 unspecified atom stereocenters. The minimum absolute atomic E-state index is 0.00745. The number of nitro groups is 1. The Morgan fingerprint density at radius 3 is 2.48 bits per heavy atom. The van der Waals surface area contributed by atoms with Crippen molar-refractivity contribution in [3.8, 4) is 16.9 Å². The molecule has 25 heavy (non-hydrogen) atoms. The number of nitrogens with zero attached hydrogens (tertiary/aromatic N) is 1. The number of non-ortho nitro benzene ring substituents is 1. The summed E-state index contributed by atoms with van der Waals surface area (Å²) in [4.78, 5) is 22.3. The Hall–Kier alpha value is -3.09. The van der Waals surface area contributed by atoms with Crippen molar-refractivity contribution in [3.05, 3.63) is 52.6 Å². The quantitative estimate of drug-likeness (QED) is 0.468. The van der Waals surface area contributed by atoms with E-state index in [1.165, 1.54) is 12.1 Å². The van der Waals surface area contributed by atoms with Gasteiger partial charge in [0.1, 0.15) is 11.8 Å². The molecule has 0 aliphatic carbocycles. The van der Waals surface area contributed by atoms with Gasteiger partial charge in [0.2, 0.25) is 0 Å². The van der Waals surface area contributed by atoms with E-state index in [2.05, 4.69) is 5.32 Å². The molecule has 2 aromatic rings. The molecule has 0 spiro atoms. The topological polar surface area (TPSA) is 90.7 Å². The van der Waals surface area contributed by atoms with Crippen molar-refractivity contribution < 1.29 is 19.2 Å². The van der Waals surface area contributed by atoms with E-state index in [4.69, 9.17) is 9.47 Å². The van der Waals surface area contributed by atoms with Crippen LogP contribution in [0.2, 0.25) is 0 Å². The van der Waals surface area contributed by atoms with Crippen LogP contribution >= 0.6 is 0 Å². The summed E-state index contributed by atoms with van der Waals surface area (Å²) in [5.74, 6) is 0.231. The number of benzene rings is 2. The van der Waals surface area contributed by atoms with E-state index in [-0.39, 0.29) is 11.7 Å². The molecule has 0 fully saturated rings. The maximum atomic E-state index is 11.9. The molecule has 0 amide bonds. The summed E-state index contributed by atoms with van der Waals surface area (Å²) in [6.45, 7) is 3.76. The number of nitrogens with one attached hydrogen (secondary N) is 1. The van der Waals surface area contributed by atoms with Crippen LogP contribution in [0.25, 0.3) is 11.1 Å². The SMILES string of the molecule is CCOC(=O)C(C)Nc1cccc(OC)c1-c1ccc([N+](=O)[O-])cc1. The summed E-state index contributed by atoms with van der Waals surface area (Å²) in [5, 5.41) is 14.0. The molecule has 0 radical (unpaired) electrons. The Morgan fingerprint density at radius 2 is 1.92 bits per heavy atom. The van der Waals surface area contributed by atoms with Gasteiger partial charge in [-0.1, -0.05) is 6.07 Å². The van der Waals surface area contributed by atoms with Crippen LogP contribution in [-0.2, 0) is 9.53 Å². The summed E-state index contributed by atoms with van der Waals surface area (Å²) < 4.78 is 10.4. The molecule has 7 nitrogen and oxygen atoms in total. The highest BCUT2D eigenvalue weighted by Gasteiger charge is 2.18. The van der Waals surface area contributed by atoms with Crippen LogP contribution in [0, 0.1) is 10.1 Å². The van der Waals surface area contributed by atoms with Crippen LogP contribution < -0.4 is 10.1 Å². The van der Waals surface area contributed by atoms with Gasteiger partial charge in [-0.3, -0.25) is 10.1 Å². The lowest BCUT2D eigenvalue weighted by molar-refractivity contribution is -0.384. The van der Waals surface area contributed by atoms with Gasteiger partial charge in [0, 0.05) is 23.4 Å². The fraction of sp³-hybridized carbons (Fsp3) is 0.278. The van der Waals surface area contributed by atoms with E-state index in [9.17, 15) is 14.9 Å². The number of hydrogen-bond acceptors (Lipinski definition) is 6. The summed E-state index contributed by atoms with van der Waals surface area (Å²) in [6, 6.07) is 11.0. The third-order valence-electron chi connectivity index (χ3n) is 3.63. The lowest BCUT2D eigenvalue weighted by Gasteiger charge is -2.19. The van der Waals surface area contributed by atoms with Gasteiger partial charge in [0.15, 0.2) is 0 Å². The van der Waals surface area contributed by atoms with Crippen molar-refractivity contribution >= 4 is 17.3 Å². The second-order valence-corrected chi connectivity index (χ2v) is 5.30. The second kappa shape index (κ2) is 8.14. The number of nitro benzene ring substituents is 1. The normalized spacial score (nSPS) is 11.5. The highest BCUT2D eigenvalue weighted by atomic mass is 16.6. The number of ether oxygens (including phenoxy) is 2. The van der Waals surface area contributed by atoms with E-state index >= 15 is 0 Å². The predicted molar refractivity (Wildman–Crippen MR) is 94.8 cm³/mol. The first kappa shape index (κ1) is 18.3. The van der Waals surface area contributed by atoms with E-state index < -0.39 is 11.0 Å². The first-order chi connectivity index (χ1) is 12.0. The van der Waals surface area contributed by atoms with Crippen molar-refractivity contribution in [2.75, 3.05) is 19.0 Å². The lowest BCUT2D eigenvalue weighted by atomic mass is 10.0. The first-order valence-corrected chi connectivity index (χ1v) is 7.83. The average molecular weight is 344 g/mol. The predicted octanol–water partition coefficient (Wildman–Crippen LogP) is 3.63. The van der Waals surface area contributed by atoms with Gasteiger partial charge in [-0.15, -0.1) is 0 Å². The van der Waals surface area contributed by atoms with Crippen LogP contribution in [0.5, 0.6) is 5.75 Å². The zero-order chi connectivity index (χ0) is 18.4.